The number of H-pyrrole nitrogens is 1. The molecule has 0 bridgehead atoms. The molecule has 21 heavy (non-hydrogen) atoms. The first-order valence-corrected chi connectivity index (χ1v) is 6.74. The summed E-state index contributed by atoms with van der Waals surface area (Å²) >= 11 is 0. The minimum Gasteiger partial charge on any atom is -0.257 e. The Kier molecular flexibility index (Phi) is 2.71. The molecule has 0 aliphatic carbocycles. The third kappa shape index (κ3) is 2.07. The van der Waals surface area contributed by atoms with E-state index >= 15 is 0 Å². The van der Waals surface area contributed by atoms with Gasteiger partial charge < -0.3 is 0 Å². The zero-order valence-electron chi connectivity index (χ0n) is 11.2. The van der Waals surface area contributed by atoms with E-state index in [1.54, 1.807) is 6.20 Å². The maximum absolute atomic E-state index is 4.57. The van der Waals surface area contributed by atoms with Crippen LogP contribution in [0.25, 0.3) is 33.7 Å². The van der Waals surface area contributed by atoms with E-state index in [0.29, 0.717) is 11.6 Å². The number of pyridine rings is 1. The van der Waals surface area contributed by atoms with E-state index in [2.05, 4.69) is 26.2 Å². The third-order valence-corrected chi connectivity index (χ3v) is 3.42. The van der Waals surface area contributed by atoms with E-state index < -0.39 is 0 Å². The molecule has 0 unspecified atom stereocenters. The molecule has 4 rings (SSSR count). The first kappa shape index (κ1) is 11.8. The number of hydrogen-bond acceptors (Lipinski definition) is 3. The monoisotopic (exact) mass is 272 g/mol. The second kappa shape index (κ2) is 4.83. The number of rotatable bonds is 2. The minimum absolute atomic E-state index is 0.681. The number of nitrogens with zero attached hydrogens (tertiary/aromatic N) is 3. The fourth-order valence-electron chi connectivity index (χ4n) is 2.39. The summed E-state index contributed by atoms with van der Waals surface area (Å²) in [6.07, 6.45) is 1.79. The van der Waals surface area contributed by atoms with E-state index in [0.717, 1.165) is 22.0 Å². The van der Waals surface area contributed by atoms with Crippen LogP contribution < -0.4 is 0 Å². The summed E-state index contributed by atoms with van der Waals surface area (Å²) in [5.41, 5.74) is 1.81. The number of fused-ring (bicyclic) bond motifs is 1. The Balaban J connectivity index is 1.85. The van der Waals surface area contributed by atoms with Crippen LogP contribution >= 0.6 is 0 Å². The lowest BCUT2D eigenvalue weighted by Gasteiger charge is -2.01. The highest BCUT2D eigenvalue weighted by Gasteiger charge is 2.11. The molecule has 1 N–H and O–H groups in total. The van der Waals surface area contributed by atoms with Crippen molar-refractivity contribution >= 4 is 10.8 Å². The molecule has 0 fully saturated rings. The van der Waals surface area contributed by atoms with Crippen molar-refractivity contribution in [3.05, 3.63) is 66.9 Å². The van der Waals surface area contributed by atoms with Gasteiger partial charge in [0.25, 0.3) is 0 Å². The molecule has 0 aliphatic rings. The Morgan fingerprint density at radius 2 is 1.62 bits per heavy atom. The van der Waals surface area contributed by atoms with Crippen LogP contribution in [0.15, 0.2) is 66.9 Å². The van der Waals surface area contributed by atoms with Crippen molar-refractivity contribution < 1.29 is 0 Å². The molecule has 100 valence electrons. The predicted octanol–water partition coefficient (Wildman–Crippen LogP) is 3.69. The smallest absolute Gasteiger partial charge is 0.181 e. The van der Waals surface area contributed by atoms with Crippen molar-refractivity contribution in [1.82, 2.24) is 20.2 Å². The van der Waals surface area contributed by atoms with E-state index in [-0.39, 0.29) is 0 Å². The third-order valence-electron chi connectivity index (χ3n) is 3.42. The van der Waals surface area contributed by atoms with Gasteiger partial charge in [0.15, 0.2) is 11.6 Å². The van der Waals surface area contributed by atoms with Crippen molar-refractivity contribution in [3.8, 4) is 22.9 Å². The van der Waals surface area contributed by atoms with Crippen molar-refractivity contribution in [3.63, 3.8) is 0 Å². The molecule has 2 heterocycles. The zero-order chi connectivity index (χ0) is 14.1. The van der Waals surface area contributed by atoms with Crippen LogP contribution in [0.4, 0.5) is 0 Å². The maximum atomic E-state index is 4.57. The summed E-state index contributed by atoms with van der Waals surface area (Å²) < 4.78 is 0. The van der Waals surface area contributed by atoms with Gasteiger partial charge in [-0.1, -0.05) is 54.6 Å². The van der Waals surface area contributed by atoms with Gasteiger partial charge in [-0.25, -0.2) is 4.98 Å². The Bertz CT molecular complexity index is 891. The Labute approximate surface area is 121 Å². The van der Waals surface area contributed by atoms with E-state index in [1.165, 1.54) is 0 Å². The molecule has 0 saturated carbocycles. The molecule has 2 aromatic heterocycles. The second-order valence-electron chi connectivity index (χ2n) is 4.75. The van der Waals surface area contributed by atoms with Gasteiger partial charge >= 0.3 is 0 Å². The van der Waals surface area contributed by atoms with E-state index in [1.807, 2.05) is 54.6 Å². The number of nitrogens with one attached hydrogen (secondary N) is 1. The summed E-state index contributed by atoms with van der Waals surface area (Å²) in [5.74, 6) is 1.37. The summed E-state index contributed by atoms with van der Waals surface area (Å²) in [7, 11) is 0. The van der Waals surface area contributed by atoms with Gasteiger partial charge in [0.05, 0.1) is 0 Å². The fraction of sp³-hybridized carbons (Fsp3) is 0. The first-order valence-electron chi connectivity index (χ1n) is 6.74. The SMILES string of the molecule is c1ccc(-c2n[nH]c(-c3nccc4ccccc34)n2)cc1. The molecule has 0 atom stereocenters. The van der Waals surface area contributed by atoms with Crippen molar-refractivity contribution in [2.24, 2.45) is 0 Å². The van der Waals surface area contributed by atoms with Crippen LogP contribution in [-0.4, -0.2) is 20.2 Å². The topological polar surface area (TPSA) is 54.5 Å². The zero-order valence-corrected chi connectivity index (χ0v) is 11.2. The largest absolute Gasteiger partial charge is 0.257 e. The average Bonchev–Trinajstić information content (AvgIpc) is 3.05. The highest BCUT2D eigenvalue weighted by molar-refractivity contribution is 5.92. The molecule has 0 amide bonds. The van der Waals surface area contributed by atoms with Crippen molar-refractivity contribution in [2.45, 2.75) is 0 Å². The van der Waals surface area contributed by atoms with Crippen LogP contribution in [0.5, 0.6) is 0 Å². The number of aromatic nitrogens is 4. The highest BCUT2D eigenvalue weighted by Crippen LogP contribution is 2.25. The predicted molar refractivity (Wildman–Crippen MR) is 82.6 cm³/mol. The molecule has 4 heteroatoms. The van der Waals surface area contributed by atoms with Crippen LogP contribution in [-0.2, 0) is 0 Å². The van der Waals surface area contributed by atoms with Crippen LogP contribution in [0.3, 0.4) is 0 Å². The summed E-state index contributed by atoms with van der Waals surface area (Å²) in [4.78, 5) is 9.02. The number of aromatic amines is 1. The van der Waals surface area contributed by atoms with E-state index in [9.17, 15) is 0 Å². The molecule has 0 saturated heterocycles. The molecule has 0 radical (unpaired) electrons. The quantitative estimate of drug-likeness (QED) is 0.605. The molecule has 4 nitrogen and oxygen atoms in total. The fourth-order valence-corrected chi connectivity index (χ4v) is 2.39. The molecular formula is C17H12N4. The summed E-state index contributed by atoms with van der Waals surface area (Å²) in [6, 6.07) is 20.0. The van der Waals surface area contributed by atoms with E-state index in [4.69, 9.17) is 0 Å². The van der Waals surface area contributed by atoms with Crippen LogP contribution in [0.1, 0.15) is 0 Å². The molecule has 2 aromatic carbocycles. The van der Waals surface area contributed by atoms with Gasteiger partial charge in [0, 0.05) is 17.1 Å². The number of benzene rings is 2. The van der Waals surface area contributed by atoms with Gasteiger partial charge in [-0.3, -0.25) is 10.1 Å². The average molecular weight is 272 g/mol. The van der Waals surface area contributed by atoms with Gasteiger partial charge in [-0.05, 0) is 11.5 Å². The summed E-state index contributed by atoms with van der Waals surface area (Å²) in [5, 5.41) is 9.49. The molecule has 4 aromatic rings. The lowest BCUT2D eigenvalue weighted by atomic mass is 10.1. The molecule has 0 aliphatic heterocycles. The number of hydrogen-bond donors (Lipinski definition) is 1. The van der Waals surface area contributed by atoms with Crippen molar-refractivity contribution in [1.29, 1.82) is 0 Å². The van der Waals surface area contributed by atoms with Gasteiger partial charge in [0.1, 0.15) is 5.69 Å². The lowest BCUT2D eigenvalue weighted by Crippen LogP contribution is -1.88. The Morgan fingerprint density at radius 1 is 0.810 bits per heavy atom. The maximum Gasteiger partial charge on any atom is 0.181 e. The van der Waals surface area contributed by atoms with Crippen molar-refractivity contribution in [2.75, 3.05) is 0 Å². The second-order valence-corrected chi connectivity index (χ2v) is 4.75. The molecule has 0 spiro atoms. The van der Waals surface area contributed by atoms with Crippen LogP contribution in [0.2, 0.25) is 0 Å². The molecular weight excluding hydrogens is 260 g/mol. The first-order chi connectivity index (χ1) is 10.4. The lowest BCUT2D eigenvalue weighted by molar-refractivity contribution is 1.09. The Hall–Kier alpha value is -3.01. The summed E-state index contributed by atoms with van der Waals surface area (Å²) in [6.45, 7) is 0. The van der Waals surface area contributed by atoms with Gasteiger partial charge in [0.2, 0.25) is 0 Å². The Morgan fingerprint density at radius 3 is 2.52 bits per heavy atom. The van der Waals surface area contributed by atoms with Crippen LogP contribution in [0, 0.1) is 0 Å². The van der Waals surface area contributed by atoms with Gasteiger partial charge in [-0.15, -0.1) is 0 Å². The highest BCUT2D eigenvalue weighted by atomic mass is 15.2. The van der Waals surface area contributed by atoms with Gasteiger partial charge in [-0.2, -0.15) is 5.10 Å². The standard InChI is InChI=1S/C17H12N4/c1-2-7-13(8-3-1)16-19-17(21-20-16)15-14-9-5-4-6-12(14)10-11-18-15/h1-11H,(H,19,20,21). The normalized spacial score (nSPS) is 10.9. The minimum atomic E-state index is 0.681.